The molecule has 1 heterocycles. The van der Waals surface area contributed by atoms with Gasteiger partial charge >= 0.3 is 0 Å². The Morgan fingerprint density at radius 3 is 2.08 bits per heavy atom. The molecule has 1 aromatic heterocycles. The van der Waals surface area contributed by atoms with Crippen molar-refractivity contribution in [1.82, 2.24) is 14.9 Å². The van der Waals surface area contributed by atoms with Crippen LogP contribution in [0.4, 0.5) is 5.95 Å². The van der Waals surface area contributed by atoms with Crippen LogP contribution in [0.25, 0.3) is 0 Å². The summed E-state index contributed by atoms with van der Waals surface area (Å²) >= 11 is 0. The van der Waals surface area contributed by atoms with E-state index in [0.717, 1.165) is 0 Å². The van der Waals surface area contributed by atoms with Crippen molar-refractivity contribution >= 4 is 18.4 Å². The van der Waals surface area contributed by atoms with Gasteiger partial charge in [0.05, 0.1) is 0 Å². The molecule has 0 amide bonds. The average molecular weight is 346 g/mol. The van der Waals surface area contributed by atoms with Crippen molar-refractivity contribution in [3.8, 4) is 0 Å². The van der Waals surface area contributed by atoms with Gasteiger partial charge in [-0.15, -0.1) is 10.2 Å². The van der Waals surface area contributed by atoms with Crippen molar-refractivity contribution in [2.45, 2.75) is 25.7 Å². The third-order valence-corrected chi connectivity index (χ3v) is 4.06. The summed E-state index contributed by atoms with van der Waals surface area (Å²) in [4.78, 5) is 0. The fraction of sp³-hybridized carbons (Fsp3) is 0.200. The summed E-state index contributed by atoms with van der Waals surface area (Å²) in [5.41, 5.74) is 5.31. The van der Waals surface area contributed by atoms with E-state index < -0.39 is 0 Å². The molecule has 1 N–H and O–H groups in total. The molecule has 0 bridgehead atoms. The highest BCUT2D eigenvalue weighted by atomic mass is 15.5. The number of benzene rings is 2. The summed E-state index contributed by atoms with van der Waals surface area (Å²) in [7, 11) is 0. The fourth-order valence-corrected chi connectivity index (χ4v) is 2.45. The first-order valence-corrected chi connectivity index (χ1v) is 8.57. The second kappa shape index (κ2) is 8.71. The zero-order chi connectivity index (χ0) is 18.2. The molecule has 26 heavy (non-hydrogen) atoms. The smallest absolute Gasteiger partial charge is 0.244 e. The zero-order valence-electron chi connectivity index (χ0n) is 14.9. The molecule has 3 aromatic rings. The van der Waals surface area contributed by atoms with Crippen LogP contribution in [-0.2, 0) is 0 Å². The van der Waals surface area contributed by atoms with Crippen LogP contribution in [0.1, 0.15) is 36.8 Å². The lowest BCUT2D eigenvalue weighted by molar-refractivity contribution is 0.862. The molecule has 0 saturated carbocycles. The van der Waals surface area contributed by atoms with E-state index in [1.54, 1.807) is 11.0 Å². The van der Waals surface area contributed by atoms with Crippen LogP contribution in [0.15, 0.2) is 77.2 Å². The number of rotatable bonds is 7. The van der Waals surface area contributed by atoms with Crippen molar-refractivity contribution in [2.24, 2.45) is 10.2 Å². The Morgan fingerprint density at radius 2 is 1.46 bits per heavy atom. The first kappa shape index (κ1) is 17.5. The minimum absolute atomic E-state index is 0.188. The third kappa shape index (κ3) is 4.63. The van der Waals surface area contributed by atoms with E-state index in [1.807, 2.05) is 48.8 Å². The number of hydrogen-bond donors (Lipinski definition) is 1. The lowest BCUT2D eigenvalue weighted by Crippen LogP contribution is -2.02. The molecule has 0 unspecified atom stereocenters. The molecule has 2 aromatic carbocycles. The Balaban J connectivity index is 1.62. The molecule has 6 nitrogen and oxygen atoms in total. The van der Waals surface area contributed by atoms with Crippen LogP contribution in [-0.4, -0.2) is 27.3 Å². The Labute approximate surface area is 153 Å². The molecule has 2 atom stereocenters. The SMILES string of the molecule is C[C@H](/C=N\n1cnnc1N/N=C/[C@H](C)c1ccccc1)c1ccccc1. The Kier molecular flexibility index (Phi) is 5.88. The van der Waals surface area contributed by atoms with Gasteiger partial charge in [0.2, 0.25) is 0 Å². The van der Waals surface area contributed by atoms with Gasteiger partial charge in [0, 0.05) is 24.3 Å². The zero-order valence-corrected chi connectivity index (χ0v) is 14.9. The summed E-state index contributed by atoms with van der Waals surface area (Å²) in [5.74, 6) is 0.854. The average Bonchev–Trinajstić information content (AvgIpc) is 3.14. The van der Waals surface area contributed by atoms with E-state index in [-0.39, 0.29) is 11.8 Å². The highest BCUT2D eigenvalue weighted by Gasteiger charge is 2.05. The molecule has 0 aliphatic carbocycles. The molecular formula is C20H22N6. The molecule has 0 radical (unpaired) electrons. The second-order valence-corrected chi connectivity index (χ2v) is 6.05. The van der Waals surface area contributed by atoms with Crippen LogP contribution < -0.4 is 5.43 Å². The van der Waals surface area contributed by atoms with Crippen LogP contribution >= 0.6 is 0 Å². The molecule has 6 heteroatoms. The van der Waals surface area contributed by atoms with E-state index in [4.69, 9.17) is 0 Å². The summed E-state index contributed by atoms with van der Waals surface area (Å²) in [5, 5.41) is 16.6. The number of aromatic nitrogens is 3. The van der Waals surface area contributed by atoms with E-state index in [0.29, 0.717) is 5.95 Å². The van der Waals surface area contributed by atoms with Crippen molar-refractivity contribution in [3.63, 3.8) is 0 Å². The maximum atomic E-state index is 4.43. The van der Waals surface area contributed by atoms with Gasteiger partial charge in [-0.2, -0.15) is 14.9 Å². The molecule has 132 valence electrons. The molecule has 0 saturated heterocycles. The van der Waals surface area contributed by atoms with Gasteiger partial charge in [0.1, 0.15) is 6.33 Å². The lowest BCUT2D eigenvalue weighted by Gasteiger charge is -2.06. The second-order valence-electron chi connectivity index (χ2n) is 6.05. The van der Waals surface area contributed by atoms with Gasteiger partial charge in [0.25, 0.3) is 5.95 Å². The number of hydrazone groups is 1. The van der Waals surface area contributed by atoms with Gasteiger partial charge in [-0.3, -0.25) is 0 Å². The van der Waals surface area contributed by atoms with Crippen LogP contribution in [0.2, 0.25) is 0 Å². The first-order chi connectivity index (χ1) is 12.7. The maximum Gasteiger partial charge on any atom is 0.265 e. The standard InChI is InChI=1S/C20H22N6/c1-16(18-9-5-3-6-10-18)13-21-24-20-25-22-15-26(20)23-14-17(2)19-11-7-4-8-12-19/h3-17H,1-2H3,(H,24,25)/b21-13+,23-14-/t16-,17+/m0/s1. The number of hydrogen-bond acceptors (Lipinski definition) is 5. The van der Waals surface area contributed by atoms with Gasteiger partial charge in [-0.05, 0) is 11.1 Å². The van der Waals surface area contributed by atoms with Gasteiger partial charge in [0.15, 0.2) is 0 Å². The Morgan fingerprint density at radius 1 is 0.885 bits per heavy atom. The monoisotopic (exact) mass is 346 g/mol. The van der Waals surface area contributed by atoms with Crippen LogP contribution in [0, 0.1) is 0 Å². The van der Waals surface area contributed by atoms with Crippen molar-refractivity contribution < 1.29 is 0 Å². The fourth-order valence-electron chi connectivity index (χ4n) is 2.45. The van der Waals surface area contributed by atoms with Crippen LogP contribution in [0.5, 0.6) is 0 Å². The molecular weight excluding hydrogens is 324 g/mol. The molecule has 0 fully saturated rings. The molecule has 0 aliphatic rings. The quantitative estimate of drug-likeness (QED) is 0.517. The van der Waals surface area contributed by atoms with E-state index in [1.165, 1.54) is 11.1 Å². The lowest BCUT2D eigenvalue weighted by atomic mass is 10.0. The predicted molar refractivity (Wildman–Crippen MR) is 106 cm³/mol. The number of anilines is 1. The van der Waals surface area contributed by atoms with Crippen molar-refractivity contribution in [1.29, 1.82) is 0 Å². The summed E-state index contributed by atoms with van der Waals surface area (Å²) < 4.78 is 1.57. The highest BCUT2D eigenvalue weighted by molar-refractivity contribution is 5.68. The summed E-state index contributed by atoms with van der Waals surface area (Å²) in [6.07, 6.45) is 5.25. The van der Waals surface area contributed by atoms with Gasteiger partial charge in [-0.25, -0.2) is 5.43 Å². The van der Waals surface area contributed by atoms with E-state index in [2.05, 4.69) is 63.9 Å². The topological polar surface area (TPSA) is 67.5 Å². The van der Waals surface area contributed by atoms with E-state index >= 15 is 0 Å². The number of nitrogens with zero attached hydrogens (tertiary/aromatic N) is 5. The van der Waals surface area contributed by atoms with Gasteiger partial charge in [-0.1, -0.05) is 74.5 Å². The van der Waals surface area contributed by atoms with Gasteiger partial charge < -0.3 is 0 Å². The Hall–Kier alpha value is -3.28. The third-order valence-electron chi connectivity index (χ3n) is 4.06. The molecule has 0 spiro atoms. The first-order valence-electron chi connectivity index (χ1n) is 8.57. The largest absolute Gasteiger partial charge is 0.265 e. The van der Waals surface area contributed by atoms with Crippen molar-refractivity contribution in [2.75, 3.05) is 5.43 Å². The summed E-state index contributed by atoms with van der Waals surface area (Å²) in [6, 6.07) is 20.4. The Bertz CT molecular complexity index is 854. The van der Waals surface area contributed by atoms with Crippen LogP contribution in [0.3, 0.4) is 0 Å². The van der Waals surface area contributed by atoms with Crippen molar-refractivity contribution in [3.05, 3.63) is 78.1 Å². The summed E-state index contributed by atoms with van der Waals surface area (Å²) in [6.45, 7) is 4.18. The predicted octanol–water partition coefficient (Wildman–Crippen LogP) is 4.12. The van der Waals surface area contributed by atoms with E-state index in [9.17, 15) is 0 Å². The normalized spacial score (nSPS) is 13.9. The molecule has 0 aliphatic heterocycles. The number of nitrogens with one attached hydrogen (secondary N) is 1. The maximum absolute atomic E-state index is 4.43. The minimum atomic E-state index is 0.188. The minimum Gasteiger partial charge on any atom is -0.244 e. The molecule has 3 rings (SSSR count). The highest BCUT2D eigenvalue weighted by Crippen LogP contribution is 2.13.